The van der Waals surface area contributed by atoms with Crippen LogP contribution < -0.4 is 4.74 Å². The first-order valence-corrected chi connectivity index (χ1v) is 14.1. The van der Waals surface area contributed by atoms with E-state index in [0.29, 0.717) is 24.7 Å². The molecule has 0 heterocycles. The van der Waals surface area contributed by atoms with Crippen molar-refractivity contribution >= 4 is 16.7 Å². The average Bonchev–Trinajstić information content (AvgIpc) is 2.92. The van der Waals surface area contributed by atoms with E-state index < -0.39 is 46.5 Å². The third-order valence-corrected chi connectivity index (χ3v) is 8.71. The molecular weight excluding hydrogens is 561 g/mol. The van der Waals surface area contributed by atoms with Gasteiger partial charge in [0, 0.05) is 23.4 Å². The van der Waals surface area contributed by atoms with E-state index in [1.54, 1.807) is 0 Å². The highest BCUT2D eigenvalue weighted by Crippen LogP contribution is 2.42. The molecule has 2 fully saturated rings. The average molecular weight is 591 g/mol. The SMILES string of the molecule is CC1CCC(C2CCC(C(=O)Oc3cc(F)c(-c4ccc5c(F)c(C#CC(F)(F)F)c(F)cc5c4)c(F)c3)CC2)CC1. The van der Waals surface area contributed by atoms with Crippen molar-refractivity contribution in [2.75, 3.05) is 0 Å². The molecule has 0 aromatic heterocycles. The van der Waals surface area contributed by atoms with Crippen LogP contribution in [-0.2, 0) is 4.79 Å². The van der Waals surface area contributed by atoms with Crippen LogP contribution in [0.25, 0.3) is 21.9 Å². The van der Waals surface area contributed by atoms with Gasteiger partial charge in [0.2, 0.25) is 0 Å². The molecule has 2 saturated carbocycles. The largest absolute Gasteiger partial charge is 0.458 e. The number of ether oxygens (including phenoxy) is 1. The van der Waals surface area contributed by atoms with Gasteiger partial charge in [-0.1, -0.05) is 37.8 Å². The van der Waals surface area contributed by atoms with E-state index in [-0.39, 0.29) is 28.0 Å². The second kappa shape index (κ2) is 12.0. The van der Waals surface area contributed by atoms with Gasteiger partial charge in [0.05, 0.1) is 17.0 Å². The molecule has 2 nitrogen and oxygen atoms in total. The molecule has 3 aromatic carbocycles. The Kier molecular flexibility index (Phi) is 8.54. The fraction of sp³-hybridized carbons (Fsp3) is 0.424. The summed E-state index contributed by atoms with van der Waals surface area (Å²) in [7, 11) is 0. The maximum Gasteiger partial charge on any atom is 0.458 e. The monoisotopic (exact) mass is 590 g/mol. The molecule has 3 aromatic rings. The first kappa shape index (κ1) is 29.9. The van der Waals surface area contributed by atoms with Crippen LogP contribution >= 0.6 is 0 Å². The summed E-state index contributed by atoms with van der Waals surface area (Å²) in [6.07, 6.45) is 3.20. The molecule has 5 rings (SSSR count). The molecule has 0 aliphatic heterocycles. The Morgan fingerprint density at radius 2 is 1.40 bits per heavy atom. The third-order valence-electron chi connectivity index (χ3n) is 8.71. The van der Waals surface area contributed by atoms with Crippen molar-refractivity contribution in [3.8, 4) is 28.7 Å². The van der Waals surface area contributed by atoms with Gasteiger partial charge in [0.1, 0.15) is 29.0 Å². The molecule has 0 amide bonds. The fourth-order valence-electron chi connectivity index (χ4n) is 6.40. The zero-order valence-electron chi connectivity index (χ0n) is 22.9. The third kappa shape index (κ3) is 6.58. The van der Waals surface area contributed by atoms with Gasteiger partial charge in [-0.05, 0) is 79.4 Å². The van der Waals surface area contributed by atoms with Crippen LogP contribution in [0.2, 0.25) is 0 Å². The van der Waals surface area contributed by atoms with Gasteiger partial charge in [0.15, 0.2) is 0 Å². The fourth-order valence-corrected chi connectivity index (χ4v) is 6.40. The van der Waals surface area contributed by atoms with Crippen molar-refractivity contribution in [1.29, 1.82) is 0 Å². The van der Waals surface area contributed by atoms with E-state index in [4.69, 9.17) is 4.74 Å². The summed E-state index contributed by atoms with van der Waals surface area (Å²) >= 11 is 0. The summed E-state index contributed by atoms with van der Waals surface area (Å²) in [6.45, 7) is 2.28. The maximum atomic E-state index is 15.1. The van der Waals surface area contributed by atoms with Crippen molar-refractivity contribution < 1.29 is 40.3 Å². The minimum atomic E-state index is -4.94. The van der Waals surface area contributed by atoms with E-state index in [1.165, 1.54) is 31.6 Å². The minimum Gasteiger partial charge on any atom is -0.426 e. The Morgan fingerprint density at radius 3 is 2.00 bits per heavy atom. The number of halogens is 7. The van der Waals surface area contributed by atoms with Crippen LogP contribution in [0.15, 0.2) is 36.4 Å². The second-order valence-electron chi connectivity index (χ2n) is 11.5. The predicted octanol–water partition coefficient (Wildman–Crippen LogP) is 9.52. The molecule has 2 aliphatic rings. The van der Waals surface area contributed by atoms with Gasteiger partial charge in [-0.3, -0.25) is 4.79 Å². The summed E-state index contributed by atoms with van der Waals surface area (Å²) in [5.41, 5.74) is -1.65. The van der Waals surface area contributed by atoms with E-state index in [9.17, 15) is 26.7 Å². The summed E-state index contributed by atoms with van der Waals surface area (Å²) in [5, 5.41) is -0.404. The standard InChI is InChI=1S/C33H29F7O2/c1-18-2-4-19(5-3-18)20-6-8-21(9-7-20)32(41)42-24-16-28(35)30(29(36)17-24)22-10-11-25-23(14-22)15-27(34)26(31(25)37)12-13-33(38,39)40/h10-11,14-21H,2-9H2,1H3. The van der Waals surface area contributed by atoms with Crippen molar-refractivity contribution in [3.63, 3.8) is 0 Å². The summed E-state index contributed by atoms with van der Waals surface area (Å²) in [4.78, 5) is 12.8. The lowest BCUT2D eigenvalue weighted by molar-refractivity contribution is -0.140. The lowest BCUT2D eigenvalue weighted by Gasteiger charge is -2.36. The molecule has 9 heteroatoms. The molecule has 0 unspecified atom stereocenters. The van der Waals surface area contributed by atoms with E-state index in [2.05, 4.69) is 6.92 Å². The lowest BCUT2D eigenvalue weighted by Crippen LogP contribution is -2.29. The first-order chi connectivity index (χ1) is 19.9. The molecule has 0 saturated heterocycles. The number of esters is 1. The molecule has 0 atom stereocenters. The molecule has 0 spiro atoms. The van der Waals surface area contributed by atoms with E-state index in [0.717, 1.165) is 61.1 Å². The zero-order valence-corrected chi connectivity index (χ0v) is 22.9. The number of fused-ring (bicyclic) bond motifs is 1. The smallest absolute Gasteiger partial charge is 0.426 e. The Bertz CT molecular complexity index is 1530. The molecule has 0 radical (unpaired) electrons. The maximum absolute atomic E-state index is 15.1. The number of rotatable bonds is 4. The molecule has 42 heavy (non-hydrogen) atoms. The van der Waals surface area contributed by atoms with Gasteiger partial charge in [0.25, 0.3) is 0 Å². The Hall–Kier alpha value is -3.54. The van der Waals surface area contributed by atoms with Gasteiger partial charge < -0.3 is 4.74 Å². The molecule has 0 bridgehead atoms. The number of carbonyl (C=O) groups excluding carboxylic acids is 1. The van der Waals surface area contributed by atoms with Crippen LogP contribution in [0.4, 0.5) is 30.7 Å². The van der Waals surface area contributed by atoms with E-state index in [1.807, 2.05) is 0 Å². The van der Waals surface area contributed by atoms with Crippen molar-refractivity contribution in [2.45, 2.75) is 64.5 Å². The summed E-state index contributed by atoms with van der Waals surface area (Å²) < 4.78 is 102. The highest BCUT2D eigenvalue weighted by Gasteiger charge is 2.33. The minimum absolute atomic E-state index is 0.0706. The molecular formula is C33H29F7O2. The van der Waals surface area contributed by atoms with Gasteiger partial charge >= 0.3 is 12.1 Å². The highest BCUT2D eigenvalue weighted by atomic mass is 19.4. The first-order valence-electron chi connectivity index (χ1n) is 14.1. The van der Waals surface area contributed by atoms with Crippen LogP contribution in [-0.4, -0.2) is 12.1 Å². The van der Waals surface area contributed by atoms with Crippen molar-refractivity contribution in [2.24, 2.45) is 23.7 Å². The Labute approximate surface area is 239 Å². The quantitative estimate of drug-likeness (QED) is 0.131. The Morgan fingerprint density at radius 1 is 0.810 bits per heavy atom. The van der Waals surface area contributed by atoms with Crippen LogP contribution in [0.3, 0.4) is 0 Å². The van der Waals surface area contributed by atoms with Crippen molar-refractivity contribution in [1.82, 2.24) is 0 Å². The van der Waals surface area contributed by atoms with Gasteiger partial charge in [-0.25, -0.2) is 17.6 Å². The van der Waals surface area contributed by atoms with Crippen molar-refractivity contribution in [3.05, 3.63) is 65.2 Å². The highest BCUT2D eigenvalue weighted by molar-refractivity contribution is 5.89. The molecule has 2 aliphatic carbocycles. The molecule has 0 N–H and O–H groups in total. The number of alkyl halides is 3. The topological polar surface area (TPSA) is 26.3 Å². The predicted molar refractivity (Wildman–Crippen MR) is 144 cm³/mol. The Balaban J connectivity index is 1.30. The number of benzene rings is 3. The zero-order chi connectivity index (χ0) is 30.2. The van der Waals surface area contributed by atoms with Gasteiger partial charge in [-0.2, -0.15) is 13.2 Å². The van der Waals surface area contributed by atoms with E-state index >= 15 is 8.78 Å². The van der Waals surface area contributed by atoms with Gasteiger partial charge in [-0.15, -0.1) is 0 Å². The number of hydrogen-bond acceptors (Lipinski definition) is 2. The van der Waals surface area contributed by atoms with Crippen LogP contribution in [0, 0.1) is 58.8 Å². The number of hydrogen-bond donors (Lipinski definition) is 0. The second-order valence-corrected chi connectivity index (χ2v) is 11.5. The summed E-state index contributed by atoms with van der Waals surface area (Å²) in [5.74, 6) is -1.58. The number of carbonyl (C=O) groups is 1. The lowest BCUT2D eigenvalue weighted by atomic mass is 9.69. The van der Waals surface area contributed by atoms with Crippen LogP contribution in [0.1, 0.15) is 63.9 Å². The summed E-state index contributed by atoms with van der Waals surface area (Å²) in [6, 6.07) is 5.86. The van der Waals surface area contributed by atoms with Crippen LogP contribution in [0.5, 0.6) is 5.75 Å². The normalized spacial score (nSPS) is 22.9. The molecule has 222 valence electrons.